The highest BCUT2D eigenvalue weighted by Gasteiger charge is 2.25. The number of halogens is 2. The maximum Gasteiger partial charge on any atom is 0.261 e. The molecule has 1 aliphatic heterocycles. The number of aromatic nitrogens is 2. The van der Waals surface area contributed by atoms with Gasteiger partial charge in [0.15, 0.2) is 5.78 Å². The van der Waals surface area contributed by atoms with Crippen LogP contribution >= 0.6 is 12.4 Å². The molecule has 2 heterocycles. The van der Waals surface area contributed by atoms with Gasteiger partial charge in [0.1, 0.15) is 5.82 Å². The SMILES string of the molecule is CCc1cc(F)cc2c(=O)n(CC(=O)C[C@H]3NCCC[C@@H]3O)cnc12.Cl. The fourth-order valence-electron chi connectivity index (χ4n) is 3.33. The number of ketones is 1. The highest BCUT2D eigenvalue weighted by Crippen LogP contribution is 2.16. The number of nitrogens with zero attached hydrogens (tertiary/aromatic N) is 2. The first-order chi connectivity index (χ1) is 12.0. The summed E-state index contributed by atoms with van der Waals surface area (Å²) in [6.07, 6.45) is 3.05. The Bertz CT molecular complexity index is 855. The molecule has 2 aromatic rings. The Hall–Kier alpha value is -1.83. The lowest BCUT2D eigenvalue weighted by Crippen LogP contribution is -2.46. The molecular weight excluding hydrogens is 361 g/mol. The molecule has 2 N–H and O–H groups in total. The molecular formula is C18H23ClFN3O3. The molecule has 1 saturated heterocycles. The highest BCUT2D eigenvalue weighted by molar-refractivity contribution is 5.85. The van der Waals surface area contributed by atoms with E-state index in [1.165, 1.54) is 17.0 Å². The molecule has 1 aliphatic rings. The monoisotopic (exact) mass is 383 g/mol. The molecule has 3 rings (SSSR count). The Morgan fingerprint density at radius 1 is 1.46 bits per heavy atom. The minimum atomic E-state index is -0.551. The fraction of sp³-hybridized carbons (Fsp3) is 0.500. The number of carbonyl (C=O) groups excluding carboxylic acids is 1. The molecule has 0 spiro atoms. The predicted octanol–water partition coefficient (Wildman–Crippen LogP) is 1.59. The Kier molecular flexibility index (Phi) is 6.86. The van der Waals surface area contributed by atoms with Crippen LogP contribution in [0, 0.1) is 5.82 Å². The zero-order chi connectivity index (χ0) is 18.0. The van der Waals surface area contributed by atoms with Gasteiger partial charge in [-0.3, -0.25) is 14.2 Å². The van der Waals surface area contributed by atoms with E-state index in [-0.39, 0.29) is 42.6 Å². The van der Waals surface area contributed by atoms with Gasteiger partial charge in [0, 0.05) is 12.5 Å². The van der Waals surface area contributed by atoms with Crippen LogP contribution in [0.2, 0.25) is 0 Å². The second-order valence-corrected chi connectivity index (χ2v) is 6.51. The van der Waals surface area contributed by atoms with Crippen molar-refractivity contribution >= 4 is 29.1 Å². The van der Waals surface area contributed by atoms with Gasteiger partial charge < -0.3 is 10.4 Å². The number of aliphatic hydroxyl groups is 1. The first-order valence-corrected chi connectivity index (χ1v) is 8.60. The van der Waals surface area contributed by atoms with E-state index in [1.54, 1.807) is 0 Å². The molecule has 0 bridgehead atoms. The second kappa shape index (κ2) is 8.70. The van der Waals surface area contributed by atoms with Crippen molar-refractivity contribution in [2.24, 2.45) is 0 Å². The van der Waals surface area contributed by atoms with E-state index in [1.807, 2.05) is 6.92 Å². The van der Waals surface area contributed by atoms with Crippen molar-refractivity contribution in [2.75, 3.05) is 6.54 Å². The Balaban J connectivity index is 0.00000243. The van der Waals surface area contributed by atoms with Gasteiger partial charge in [-0.25, -0.2) is 9.37 Å². The van der Waals surface area contributed by atoms with E-state index < -0.39 is 17.5 Å². The summed E-state index contributed by atoms with van der Waals surface area (Å²) >= 11 is 0. The summed E-state index contributed by atoms with van der Waals surface area (Å²) in [5, 5.41) is 13.2. The summed E-state index contributed by atoms with van der Waals surface area (Å²) < 4.78 is 14.9. The number of rotatable bonds is 5. The predicted molar refractivity (Wildman–Crippen MR) is 99.2 cm³/mol. The Labute approximate surface area is 156 Å². The Morgan fingerprint density at radius 3 is 2.92 bits per heavy atom. The van der Waals surface area contributed by atoms with Crippen molar-refractivity contribution in [2.45, 2.75) is 51.3 Å². The largest absolute Gasteiger partial charge is 0.391 e. The van der Waals surface area contributed by atoms with Gasteiger partial charge in [-0.05, 0) is 43.5 Å². The molecule has 0 aliphatic carbocycles. The fourth-order valence-corrected chi connectivity index (χ4v) is 3.33. The number of carbonyl (C=O) groups is 1. The molecule has 0 amide bonds. The molecule has 1 fully saturated rings. The van der Waals surface area contributed by atoms with Crippen LogP contribution in [-0.4, -0.2) is 39.1 Å². The van der Waals surface area contributed by atoms with E-state index >= 15 is 0 Å². The minimum Gasteiger partial charge on any atom is -0.391 e. The number of aryl methyl sites for hydroxylation is 1. The van der Waals surface area contributed by atoms with Crippen molar-refractivity contribution in [3.05, 3.63) is 40.2 Å². The van der Waals surface area contributed by atoms with Crippen molar-refractivity contribution in [1.82, 2.24) is 14.9 Å². The number of hydrogen-bond donors (Lipinski definition) is 2. The number of Topliss-reactive ketones (excluding diaryl/α,β-unsaturated/α-hetero) is 1. The lowest BCUT2D eigenvalue weighted by molar-refractivity contribution is -0.121. The molecule has 1 aromatic heterocycles. The van der Waals surface area contributed by atoms with Crippen LogP contribution in [0.5, 0.6) is 0 Å². The number of aliphatic hydroxyl groups excluding tert-OH is 1. The second-order valence-electron chi connectivity index (χ2n) is 6.51. The van der Waals surface area contributed by atoms with E-state index in [2.05, 4.69) is 10.3 Å². The molecule has 0 saturated carbocycles. The van der Waals surface area contributed by atoms with E-state index in [4.69, 9.17) is 0 Å². The van der Waals surface area contributed by atoms with Gasteiger partial charge in [-0.1, -0.05) is 6.92 Å². The number of hydrogen-bond acceptors (Lipinski definition) is 5. The maximum atomic E-state index is 13.7. The zero-order valence-corrected chi connectivity index (χ0v) is 15.4. The highest BCUT2D eigenvalue weighted by atomic mass is 35.5. The van der Waals surface area contributed by atoms with Gasteiger partial charge in [-0.15, -0.1) is 12.4 Å². The summed E-state index contributed by atoms with van der Waals surface area (Å²) in [6.45, 7) is 2.50. The van der Waals surface area contributed by atoms with Crippen molar-refractivity contribution in [1.29, 1.82) is 0 Å². The van der Waals surface area contributed by atoms with Gasteiger partial charge in [0.25, 0.3) is 5.56 Å². The van der Waals surface area contributed by atoms with E-state index in [0.717, 1.165) is 19.0 Å². The average Bonchev–Trinajstić information content (AvgIpc) is 2.59. The third-order valence-electron chi connectivity index (χ3n) is 4.69. The lowest BCUT2D eigenvalue weighted by atomic mass is 9.97. The third kappa shape index (κ3) is 4.28. The van der Waals surface area contributed by atoms with Gasteiger partial charge in [-0.2, -0.15) is 0 Å². The van der Waals surface area contributed by atoms with Crippen LogP contribution in [0.3, 0.4) is 0 Å². The normalized spacial score (nSPS) is 20.0. The van der Waals surface area contributed by atoms with Crippen molar-refractivity contribution in [3.8, 4) is 0 Å². The number of nitrogens with one attached hydrogen (secondary N) is 1. The van der Waals surface area contributed by atoms with Gasteiger partial charge in [0.2, 0.25) is 0 Å². The molecule has 1 aromatic carbocycles. The third-order valence-corrected chi connectivity index (χ3v) is 4.69. The molecule has 0 unspecified atom stereocenters. The van der Waals surface area contributed by atoms with Gasteiger partial charge >= 0.3 is 0 Å². The smallest absolute Gasteiger partial charge is 0.261 e. The topological polar surface area (TPSA) is 84.2 Å². The lowest BCUT2D eigenvalue weighted by Gasteiger charge is -2.28. The molecule has 8 heteroatoms. The number of benzene rings is 1. The average molecular weight is 384 g/mol. The van der Waals surface area contributed by atoms with Crippen LogP contribution < -0.4 is 10.9 Å². The number of fused-ring (bicyclic) bond motifs is 1. The minimum absolute atomic E-state index is 0. The van der Waals surface area contributed by atoms with Crippen molar-refractivity contribution in [3.63, 3.8) is 0 Å². The van der Waals surface area contributed by atoms with Gasteiger partial charge in [0.05, 0.1) is 29.9 Å². The molecule has 0 radical (unpaired) electrons. The summed E-state index contributed by atoms with van der Waals surface area (Å²) in [5.74, 6) is -0.657. The summed E-state index contributed by atoms with van der Waals surface area (Å²) in [4.78, 5) is 29.1. The maximum absolute atomic E-state index is 13.7. The summed E-state index contributed by atoms with van der Waals surface area (Å²) in [5.41, 5.74) is 0.715. The van der Waals surface area contributed by atoms with E-state index in [9.17, 15) is 19.1 Å². The van der Waals surface area contributed by atoms with Crippen LogP contribution in [0.4, 0.5) is 4.39 Å². The number of piperidine rings is 1. The van der Waals surface area contributed by atoms with Crippen LogP contribution in [0.25, 0.3) is 10.9 Å². The summed E-state index contributed by atoms with van der Waals surface area (Å²) in [7, 11) is 0. The standard InChI is InChI=1S/C18H22FN3O3.ClH/c1-2-11-6-12(19)7-14-17(11)21-10-22(18(14)25)9-13(23)8-15-16(24)4-3-5-20-15;/h6-7,10,15-16,20,24H,2-5,8-9H2,1H3;1H/t15-,16+;/m1./s1. The molecule has 6 nitrogen and oxygen atoms in total. The molecule has 2 atom stereocenters. The van der Waals surface area contributed by atoms with Crippen molar-refractivity contribution < 1.29 is 14.3 Å². The Morgan fingerprint density at radius 2 is 2.23 bits per heavy atom. The van der Waals surface area contributed by atoms with Crippen LogP contribution in [0.1, 0.15) is 31.7 Å². The van der Waals surface area contributed by atoms with Crippen LogP contribution in [-0.2, 0) is 17.8 Å². The molecule has 142 valence electrons. The first kappa shape index (κ1) is 20.5. The quantitative estimate of drug-likeness (QED) is 0.819. The van der Waals surface area contributed by atoms with E-state index in [0.29, 0.717) is 23.9 Å². The summed E-state index contributed by atoms with van der Waals surface area (Å²) in [6, 6.07) is 2.26. The molecule has 26 heavy (non-hydrogen) atoms. The first-order valence-electron chi connectivity index (χ1n) is 8.60. The zero-order valence-electron chi connectivity index (χ0n) is 14.6. The van der Waals surface area contributed by atoms with Crippen LogP contribution in [0.15, 0.2) is 23.3 Å².